The Morgan fingerprint density at radius 2 is 1.23 bits per heavy atom. The summed E-state index contributed by atoms with van der Waals surface area (Å²) in [4.78, 5) is 0. The lowest BCUT2D eigenvalue weighted by molar-refractivity contribution is 0.0438. The van der Waals surface area contributed by atoms with Crippen LogP contribution in [0.4, 0.5) is 0 Å². The molecular weight excluding hydrogens is 164 g/mol. The molecule has 2 saturated carbocycles. The monoisotopic (exact) mass is 184 g/mol. The molecule has 2 nitrogen and oxygen atoms in total. The van der Waals surface area contributed by atoms with E-state index in [0.717, 1.165) is 12.8 Å². The highest BCUT2D eigenvalue weighted by Gasteiger charge is 2.43. The van der Waals surface area contributed by atoms with Crippen LogP contribution in [0.5, 0.6) is 0 Å². The first kappa shape index (κ1) is 9.47. The summed E-state index contributed by atoms with van der Waals surface area (Å²) in [5.74, 6) is 0. The average molecular weight is 184 g/mol. The van der Waals surface area contributed by atoms with Gasteiger partial charge in [0.1, 0.15) is 0 Å². The van der Waals surface area contributed by atoms with Crippen LogP contribution in [0.1, 0.15) is 51.4 Å². The molecule has 0 unspecified atom stereocenters. The molecular formula is C11H20O2. The third-order valence-electron chi connectivity index (χ3n) is 3.89. The summed E-state index contributed by atoms with van der Waals surface area (Å²) in [7, 11) is 0. The quantitative estimate of drug-likeness (QED) is 0.603. The Hall–Kier alpha value is -0.0800. The molecule has 1 spiro atoms. The molecule has 0 aromatic heterocycles. The van der Waals surface area contributed by atoms with Crippen LogP contribution in [0.15, 0.2) is 0 Å². The van der Waals surface area contributed by atoms with Crippen LogP contribution in [0.2, 0.25) is 0 Å². The van der Waals surface area contributed by atoms with Gasteiger partial charge in [0.05, 0.1) is 12.2 Å². The smallest absolute Gasteiger partial charge is 0.0804 e. The Labute approximate surface area is 80.0 Å². The van der Waals surface area contributed by atoms with Gasteiger partial charge in [-0.2, -0.15) is 0 Å². The third kappa shape index (κ3) is 1.89. The molecule has 0 aromatic rings. The van der Waals surface area contributed by atoms with Gasteiger partial charge in [-0.1, -0.05) is 25.7 Å². The maximum atomic E-state index is 9.56. The van der Waals surface area contributed by atoms with Gasteiger partial charge in [0.2, 0.25) is 0 Å². The van der Waals surface area contributed by atoms with Crippen molar-refractivity contribution in [3.8, 4) is 0 Å². The van der Waals surface area contributed by atoms with Gasteiger partial charge in [-0.05, 0) is 31.1 Å². The first-order chi connectivity index (χ1) is 6.22. The Morgan fingerprint density at radius 3 is 1.69 bits per heavy atom. The zero-order chi connectivity index (χ0) is 9.31. The summed E-state index contributed by atoms with van der Waals surface area (Å²) in [6.07, 6.45) is 8.50. The molecule has 0 bridgehead atoms. The van der Waals surface area contributed by atoms with Crippen molar-refractivity contribution in [1.82, 2.24) is 0 Å². The second-order valence-electron chi connectivity index (χ2n) is 4.96. The summed E-state index contributed by atoms with van der Waals surface area (Å²) in [6, 6.07) is 0. The standard InChI is InChI=1S/C11H20O2/c12-9-7-11(8-10(9)13)5-3-1-2-4-6-11/h9-10,12-13H,1-8H2/t9-,10-/m0/s1. The molecule has 2 atom stereocenters. The van der Waals surface area contributed by atoms with E-state index in [1.165, 1.54) is 38.5 Å². The van der Waals surface area contributed by atoms with Gasteiger partial charge in [-0.3, -0.25) is 0 Å². The van der Waals surface area contributed by atoms with Gasteiger partial charge in [0.15, 0.2) is 0 Å². The van der Waals surface area contributed by atoms with Crippen molar-refractivity contribution in [2.45, 2.75) is 63.6 Å². The minimum atomic E-state index is -0.446. The highest BCUT2D eigenvalue weighted by Crippen LogP contribution is 2.48. The van der Waals surface area contributed by atoms with E-state index in [9.17, 15) is 10.2 Å². The van der Waals surface area contributed by atoms with E-state index in [-0.39, 0.29) is 0 Å². The van der Waals surface area contributed by atoms with E-state index in [1.54, 1.807) is 0 Å². The Bertz CT molecular complexity index is 159. The maximum Gasteiger partial charge on any atom is 0.0804 e. The van der Waals surface area contributed by atoms with Crippen LogP contribution in [0.25, 0.3) is 0 Å². The number of rotatable bonds is 0. The van der Waals surface area contributed by atoms with Gasteiger partial charge < -0.3 is 10.2 Å². The molecule has 0 amide bonds. The average Bonchev–Trinajstić information content (AvgIpc) is 2.29. The van der Waals surface area contributed by atoms with Crippen molar-refractivity contribution in [2.24, 2.45) is 5.41 Å². The fourth-order valence-corrected chi connectivity index (χ4v) is 3.13. The number of hydrogen-bond donors (Lipinski definition) is 2. The van der Waals surface area contributed by atoms with Gasteiger partial charge >= 0.3 is 0 Å². The lowest BCUT2D eigenvalue weighted by Crippen LogP contribution is -2.17. The largest absolute Gasteiger partial charge is 0.390 e. The van der Waals surface area contributed by atoms with E-state index in [0.29, 0.717) is 5.41 Å². The van der Waals surface area contributed by atoms with Crippen molar-refractivity contribution in [2.75, 3.05) is 0 Å². The van der Waals surface area contributed by atoms with E-state index < -0.39 is 12.2 Å². The summed E-state index contributed by atoms with van der Waals surface area (Å²) < 4.78 is 0. The van der Waals surface area contributed by atoms with E-state index >= 15 is 0 Å². The molecule has 2 N–H and O–H groups in total. The van der Waals surface area contributed by atoms with Gasteiger partial charge in [0, 0.05) is 0 Å². The van der Waals surface area contributed by atoms with Crippen LogP contribution in [0, 0.1) is 5.41 Å². The third-order valence-corrected chi connectivity index (χ3v) is 3.89. The molecule has 13 heavy (non-hydrogen) atoms. The number of aliphatic hydroxyl groups excluding tert-OH is 2. The first-order valence-corrected chi connectivity index (χ1v) is 5.58. The van der Waals surface area contributed by atoms with Crippen molar-refractivity contribution in [1.29, 1.82) is 0 Å². The van der Waals surface area contributed by atoms with Crippen LogP contribution in [0.3, 0.4) is 0 Å². The van der Waals surface area contributed by atoms with Gasteiger partial charge in [-0.25, -0.2) is 0 Å². The first-order valence-electron chi connectivity index (χ1n) is 5.58. The highest BCUT2D eigenvalue weighted by molar-refractivity contribution is 4.95. The molecule has 76 valence electrons. The zero-order valence-corrected chi connectivity index (χ0v) is 8.21. The Morgan fingerprint density at radius 1 is 0.769 bits per heavy atom. The van der Waals surface area contributed by atoms with E-state index in [1.807, 2.05) is 0 Å². The Balaban J connectivity index is 2.02. The molecule has 2 aliphatic rings. The molecule has 0 saturated heterocycles. The SMILES string of the molecule is O[C@H]1CC2(CCCCCC2)C[C@@H]1O. The fourth-order valence-electron chi connectivity index (χ4n) is 3.13. The second-order valence-corrected chi connectivity index (χ2v) is 4.96. The molecule has 0 heterocycles. The second kappa shape index (κ2) is 3.58. The molecule has 0 aliphatic heterocycles. The molecule has 0 aromatic carbocycles. The summed E-state index contributed by atoms with van der Waals surface area (Å²) in [5, 5.41) is 19.1. The zero-order valence-electron chi connectivity index (χ0n) is 8.21. The van der Waals surface area contributed by atoms with Crippen LogP contribution < -0.4 is 0 Å². The number of hydrogen-bond acceptors (Lipinski definition) is 2. The highest BCUT2D eigenvalue weighted by atomic mass is 16.3. The minimum absolute atomic E-state index is 0.301. The molecule has 2 fully saturated rings. The van der Waals surface area contributed by atoms with E-state index in [4.69, 9.17) is 0 Å². The van der Waals surface area contributed by atoms with Crippen molar-refractivity contribution in [3.63, 3.8) is 0 Å². The fraction of sp³-hybridized carbons (Fsp3) is 1.00. The lowest BCUT2D eigenvalue weighted by atomic mass is 9.79. The molecule has 0 radical (unpaired) electrons. The topological polar surface area (TPSA) is 40.5 Å². The Kier molecular flexibility index (Phi) is 2.61. The normalized spacial score (nSPS) is 39.2. The predicted molar refractivity (Wildman–Crippen MR) is 51.4 cm³/mol. The van der Waals surface area contributed by atoms with Crippen molar-refractivity contribution in [3.05, 3.63) is 0 Å². The predicted octanol–water partition coefficient (Wildman–Crippen LogP) is 1.84. The summed E-state index contributed by atoms with van der Waals surface area (Å²) in [5.41, 5.74) is 0.301. The maximum absolute atomic E-state index is 9.56. The number of aliphatic hydroxyl groups is 2. The molecule has 2 rings (SSSR count). The minimum Gasteiger partial charge on any atom is -0.390 e. The van der Waals surface area contributed by atoms with E-state index in [2.05, 4.69) is 0 Å². The van der Waals surface area contributed by atoms with Crippen LogP contribution in [-0.2, 0) is 0 Å². The van der Waals surface area contributed by atoms with Crippen LogP contribution in [-0.4, -0.2) is 22.4 Å². The molecule has 2 aliphatic carbocycles. The van der Waals surface area contributed by atoms with Gasteiger partial charge in [0.25, 0.3) is 0 Å². The lowest BCUT2D eigenvalue weighted by Gasteiger charge is -2.26. The molecule has 2 heteroatoms. The summed E-state index contributed by atoms with van der Waals surface area (Å²) >= 11 is 0. The van der Waals surface area contributed by atoms with Gasteiger partial charge in [-0.15, -0.1) is 0 Å². The van der Waals surface area contributed by atoms with Crippen molar-refractivity contribution < 1.29 is 10.2 Å². The van der Waals surface area contributed by atoms with Crippen LogP contribution >= 0.6 is 0 Å². The van der Waals surface area contributed by atoms with Crippen molar-refractivity contribution >= 4 is 0 Å². The summed E-state index contributed by atoms with van der Waals surface area (Å²) in [6.45, 7) is 0.